The molecule has 3 heteroatoms. The molecule has 18 heavy (non-hydrogen) atoms. The van der Waals surface area contributed by atoms with Gasteiger partial charge in [-0.2, -0.15) is 0 Å². The molecule has 1 aromatic carbocycles. The van der Waals surface area contributed by atoms with Gasteiger partial charge in [-0.25, -0.2) is 0 Å². The van der Waals surface area contributed by atoms with Crippen LogP contribution in [0.2, 0.25) is 0 Å². The average molecular weight is 245 g/mol. The van der Waals surface area contributed by atoms with Crippen LogP contribution in [0, 0.1) is 13.8 Å². The van der Waals surface area contributed by atoms with Crippen molar-refractivity contribution >= 4 is 11.6 Å². The minimum absolute atomic E-state index is 0.149. The summed E-state index contributed by atoms with van der Waals surface area (Å²) in [6, 6.07) is 4.29. The molecule has 3 rings (SSSR count). The number of anilines is 1. The standard InChI is InChI=1S/C15H19NO2/c1-9-6-10(2)13-12(7-9)15(14(17)16-13)4-5-18-11(3)8-15/h6-7,11H,4-5,8H2,1-3H3,(H,16,17). The van der Waals surface area contributed by atoms with Crippen molar-refractivity contribution in [2.24, 2.45) is 0 Å². The van der Waals surface area contributed by atoms with Crippen molar-refractivity contribution in [1.29, 1.82) is 0 Å². The van der Waals surface area contributed by atoms with Crippen molar-refractivity contribution in [3.8, 4) is 0 Å². The number of amides is 1. The van der Waals surface area contributed by atoms with Crippen molar-refractivity contribution in [2.45, 2.75) is 45.1 Å². The molecule has 1 N–H and O–H groups in total. The molecule has 2 aliphatic heterocycles. The molecular formula is C15H19NO2. The Balaban J connectivity index is 2.16. The highest BCUT2D eigenvalue weighted by Crippen LogP contribution is 2.47. The van der Waals surface area contributed by atoms with E-state index in [1.807, 2.05) is 0 Å². The molecule has 0 bridgehead atoms. The summed E-state index contributed by atoms with van der Waals surface area (Å²) in [6.45, 7) is 6.87. The zero-order valence-corrected chi connectivity index (χ0v) is 11.2. The summed E-state index contributed by atoms with van der Waals surface area (Å²) in [7, 11) is 0. The Hall–Kier alpha value is -1.35. The number of nitrogens with one attached hydrogen (secondary N) is 1. The third kappa shape index (κ3) is 1.50. The highest BCUT2D eigenvalue weighted by molar-refractivity contribution is 6.07. The van der Waals surface area contributed by atoms with Crippen molar-refractivity contribution in [2.75, 3.05) is 11.9 Å². The molecule has 3 nitrogen and oxygen atoms in total. The van der Waals surface area contributed by atoms with E-state index >= 15 is 0 Å². The van der Waals surface area contributed by atoms with Gasteiger partial charge >= 0.3 is 0 Å². The summed E-state index contributed by atoms with van der Waals surface area (Å²) in [5.41, 5.74) is 4.24. The third-order valence-corrected chi connectivity index (χ3v) is 4.24. The topological polar surface area (TPSA) is 38.3 Å². The van der Waals surface area contributed by atoms with Gasteiger partial charge in [0.15, 0.2) is 0 Å². The first-order chi connectivity index (χ1) is 8.53. The van der Waals surface area contributed by atoms with Gasteiger partial charge in [-0.1, -0.05) is 17.7 Å². The van der Waals surface area contributed by atoms with Crippen LogP contribution in [0.3, 0.4) is 0 Å². The molecule has 0 aromatic heterocycles. The van der Waals surface area contributed by atoms with Crippen LogP contribution in [0.4, 0.5) is 5.69 Å². The summed E-state index contributed by atoms with van der Waals surface area (Å²) < 4.78 is 5.61. The summed E-state index contributed by atoms with van der Waals surface area (Å²) in [5, 5.41) is 3.08. The number of ether oxygens (including phenoxy) is 1. The zero-order valence-electron chi connectivity index (χ0n) is 11.2. The minimum atomic E-state index is -0.357. The number of hydrogen-bond donors (Lipinski definition) is 1. The van der Waals surface area contributed by atoms with Crippen LogP contribution in [-0.2, 0) is 14.9 Å². The lowest BCUT2D eigenvalue weighted by Crippen LogP contribution is -2.42. The fourth-order valence-corrected chi connectivity index (χ4v) is 3.40. The normalized spacial score (nSPS) is 30.4. The van der Waals surface area contributed by atoms with Gasteiger partial charge < -0.3 is 10.1 Å². The second-order valence-electron chi connectivity index (χ2n) is 5.68. The van der Waals surface area contributed by atoms with Gasteiger partial charge in [0.05, 0.1) is 11.5 Å². The lowest BCUT2D eigenvalue weighted by molar-refractivity contribution is -0.126. The molecule has 2 unspecified atom stereocenters. The second-order valence-corrected chi connectivity index (χ2v) is 5.68. The molecular weight excluding hydrogens is 226 g/mol. The number of fused-ring (bicyclic) bond motifs is 2. The Kier molecular flexibility index (Phi) is 2.49. The predicted molar refractivity (Wildman–Crippen MR) is 70.9 cm³/mol. The van der Waals surface area contributed by atoms with Crippen molar-refractivity contribution < 1.29 is 9.53 Å². The smallest absolute Gasteiger partial charge is 0.235 e. The first kappa shape index (κ1) is 11.7. The van der Waals surface area contributed by atoms with Gasteiger partial charge in [0, 0.05) is 12.3 Å². The summed E-state index contributed by atoms with van der Waals surface area (Å²) in [5.74, 6) is 0.154. The predicted octanol–water partition coefficient (Wildman–Crippen LogP) is 2.69. The molecule has 2 heterocycles. The number of benzene rings is 1. The van der Waals surface area contributed by atoms with Gasteiger partial charge in [0.2, 0.25) is 5.91 Å². The number of hydrogen-bond acceptors (Lipinski definition) is 2. The maximum atomic E-state index is 12.5. The van der Waals surface area contributed by atoms with Gasteiger partial charge in [0.1, 0.15) is 0 Å². The monoisotopic (exact) mass is 245 g/mol. The first-order valence-electron chi connectivity index (χ1n) is 6.58. The van der Waals surface area contributed by atoms with E-state index in [1.165, 1.54) is 11.1 Å². The molecule has 0 radical (unpaired) electrons. The largest absolute Gasteiger partial charge is 0.378 e. The van der Waals surface area contributed by atoms with Crippen LogP contribution in [0.25, 0.3) is 0 Å². The van der Waals surface area contributed by atoms with E-state index in [9.17, 15) is 4.79 Å². The van der Waals surface area contributed by atoms with Gasteiger partial charge in [-0.3, -0.25) is 4.79 Å². The fraction of sp³-hybridized carbons (Fsp3) is 0.533. The summed E-state index contributed by atoms with van der Waals surface area (Å²) in [4.78, 5) is 12.5. The quantitative estimate of drug-likeness (QED) is 0.763. The minimum Gasteiger partial charge on any atom is -0.378 e. The van der Waals surface area contributed by atoms with E-state index in [4.69, 9.17) is 4.74 Å². The van der Waals surface area contributed by atoms with Gasteiger partial charge in [0.25, 0.3) is 0 Å². The van der Waals surface area contributed by atoms with Gasteiger partial charge in [-0.15, -0.1) is 0 Å². The highest BCUT2D eigenvalue weighted by atomic mass is 16.5. The molecule has 1 fully saturated rings. The number of rotatable bonds is 0. The lowest BCUT2D eigenvalue weighted by atomic mass is 9.73. The number of carbonyl (C=O) groups is 1. The Morgan fingerprint density at radius 3 is 2.89 bits per heavy atom. The highest BCUT2D eigenvalue weighted by Gasteiger charge is 2.49. The molecule has 1 spiro atoms. The van der Waals surface area contributed by atoms with Crippen molar-refractivity contribution in [1.82, 2.24) is 0 Å². The maximum Gasteiger partial charge on any atom is 0.235 e. The van der Waals surface area contributed by atoms with Crippen LogP contribution in [0.15, 0.2) is 12.1 Å². The van der Waals surface area contributed by atoms with Crippen LogP contribution in [0.1, 0.15) is 36.5 Å². The molecule has 1 amide bonds. The first-order valence-corrected chi connectivity index (χ1v) is 6.58. The summed E-state index contributed by atoms with van der Waals surface area (Å²) in [6.07, 6.45) is 1.73. The van der Waals surface area contributed by atoms with Crippen LogP contribution >= 0.6 is 0 Å². The van der Waals surface area contributed by atoms with Gasteiger partial charge in [-0.05, 0) is 44.7 Å². The molecule has 0 saturated carbocycles. The van der Waals surface area contributed by atoms with Crippen LogP contribution in [0.5, 0.6) is 0 Å². The van der Waals surface area contributed by atoms with E-state index in [1.54, 1.807) is 0 Å². The molecule has 1 aromatic rings. The molecule has 0 aliphatic carbocycles. The second kappa shape index (κ2) is 3.82. The van der Waals surface area contributed by atoms with Crippen LogP contribution < -0.4 is 5.32 Å². The van der Waals surface area contributed by atoms with Crippen molar-refractivity contribution in [3.05, 3.63) is 28.8 Å². The Labute approximate surface area is 108 Å². The fourth-order valence-electron chi connectivity index (χ4n) is 3.40. The van der Waals surface area contributed by atoms with E-state index in [2.05, 4.69) is 38.2 Å². The Bertz CT molecular complexity index is 523. The molecule has 1 saturated heterocycles. The summed E-state index contributed by atoms with van der Waals surface area (Å²) >= 11 is 0. The lowest BCUT2D eigenvalue weighted by Gasteiger charge is -2.35. The van der Waals surface area contributed by atoms with E-state index in [0.29, 0.717) is 6.61 Å². The SMILES string of the molecule is Cc1cc(C)c2c(c1)C1(CCOC(C)C1)C(=O)N2. The third-order valence-electron chi connectivity index (χ3n) is 4.24. The number of aryl methyl sites for hydroxylation is 2. The Morgan fingerprint density at radius 1 is 1.39 bits per heavy atom. The van der Waals surface area contributed by atoms with E-state index in [-0.39, 0.29) is 17.4 Å². The van der Waals surface area contributed by atoms with E-state index < -0.39 is 0 Å². The molecule has 2 aliphatic rings. The molecule has 2 atom stereocenters. The van der Waals surface area contributed by atoms with Crippen LogP contribution in [-0.4, -0.2) is 18.6 Å². The van der Waals surface area contributed by atoms with E-state index in [0.717, 1.165) is 24.1 Å². The maximum absolute atomic E-state index is 12.5. The number of carbonyl (C=O) groups excluding carboxylic acids is 1. The average Bonchev–Trinajstić information content (AvgIpc) is 2.54. The Morgan fingerprint density at radius 2 is 2.17 bits per heavy atom. The molecule has 96 valence electrons. The van der Waals surface area contributed by atoms with Crippen molar-refractivity contribution in [3.63, 3.8) is 0 Å². The zero-order chi connectivity index (χ0) is 12.9.